The third-order valence-corrected chi connectivity index (χ3v) is 8.18. The summed E-state index contributed by atoms with van der Waals surface area (Å²) < 4.78 is 13.7. The number of piperidine rings is 3. The normalized spacial score (nSPS) is 22.0. The van der Waals surface area contributed by atoms with Gasteiger partial charge in [-0.05, 0) is 102 Å². The molecule has 4 heterocycles. The van der Waals surface area contributed by atoms with Gasteiger partial charge in [0.25, 0.3) is 0 Å². The van der Waals surface area contributed by atoms with Gasteiger partial charge in [0.15, 0.2) is 0 Å². The molecule has 2 aromatic carbocycles. The number of benzene rings is 2. The Morgan fingerprint density at radius 2 is 1.85 bits per heavy atom. The molecular weight excluding hydrogens is 480 g/mol. The fourth-order valence-electron chi connectivity index (χ4n) is 5.77. The van der Waals surface area contributed by atoms with Crippen molar-refractivity contribution < 1.29 is 14.3 Å². The summed E-state index contributed by atoms with van der Waals surface area (Å²) in [6.07, 6.45) is 7.05. The number of hydrogen-bond donors (Lipinski definition) is 0. The first-order valence-electron chi connectivity index (χ1n) is 11.8. The zero-order valence-corrected chi connectivity index (χ0v) is 20.9. The lowest BCUT2D eigenvalue weighted by atomic mass is 9.76. The maximum Gasteiger partial charge on any atom is 0.338 e. The van der Waals surface area contributed by atoms with Gasteiger partial charge in [-0.25, -0.2) is 4.79 Å². The van der Waals surface area contributed by atoms with Gasteiger partial charge in [0.1, 0.15) is 5.75 Å². The number of aromatic nitrogens is 1. The Balaban J connectivity index is 1.50. The van der Waals surface area contributed by atoms with Crippen molar-refractivity contribution in [2.75, 3.05) is 33.9 Å². The van der Waals surface area contributed by atoms with Crippen LogP contribution in [0.25, 0.3) is 10.9 Å². The molecule has 6 heteroatoms. The number of rotatable bonds is 7. The number of halogens is 1. The minimum absolute atomic E-state index is 0.279. The highest BCUT2D eigenvalue weighted by Crippen LogP contribution is 2.37. The van der Waals surface area contributed by atoms with Crippen molar-refractivity contribution in [2.24, 2.45) is 11.8 Å². The minimum Gasteiger partial charge on any atom is -0.497 e. The SMILES string of the molecule is COC(=O)c1ccc(Br)c2c1c(CCC1CN3CCC1CC3)cn2Cc1ccc(OC)cc1. The van der Waals surface area contributed by atoms with Gasteiger partial charge < -0.3 is 18.9 Å². The number of esters is 1. The van der Waals surface area contributed by atoms with Crippen LogP contribution in [-0.4, -0.2) is 49.3 Å². The lowest BCUT2D eigenvalue weighted by Gasteiger charge is -2.45. The van der Waals surface area contributed by atoms with Crippen LogP contribution < -0.4 is 4.74 Å². The largest absolute Gasteiger partial charge is 0.497 e. The van der Waals surface area contributed by atoms with Crippen LogP contribution in [0, 0.1) is 11.8 Å². The third-order valence-electron chi connectivity index (χ3n) is 7.54. The highest BCUT2D eigenvalue weighted by atomic mass is 79.9. The number of aryl methyl sites for hydroxylation is 1. The molecule has 5 nitrogen and oxygen atoms in total. The second kappa shape index (κ2) is 9.51. The Labute approximate surface area is 203 Å². The number of fused-ring (bicyclic) bond motifs is 4. The monoisotopic (exact) mass is 510 g/mol. The molecule has 3 aromatic rings. The van der Waals surface area contributed by atoms with E-state index in [2.05, 4.69) is 43.7 Å². The van der Waals surface area contributed by atoms with Crippen molar-refractivity contribution in [1.29, 1.82) is 0 Å². The topological polar surface area (TPSA) is 43.7 Å². The Hall–Kier alpha value is -2.31. The van der Waals surface area contributed by atoms with Crippen molar-refractivity contribution >= 4 is 32.8 Å². The van der Waals surface area contributed by atoms with Crippen LogP contribution in [0.1, 0.15) is 40.7 Å². The molecule has 174 valence electrons. The summed E-state index contributed by atoms with van der Waals surface area (Å²) in [4.78, 5) is 15.3. The number of carbonyl (C=O) groups is 1. The Kier molecular flexibility index (Phi) is 6.48. The first-order chi connectivity index (χ1) is 16.1. The van der Waals surface area contributed by atoms with Crippen molar-refractivity contribution in [1.82, 2.24) is 9.47 Å². The number of nitrogens with zero attached hydrogens (tertiary/aromatic N) is 2. The zero-order chi connectivity index (χ0) is 22.9. The molecule has 3 saturated heterocycles. The van der Waals surface area contributed by atoms with Crippen LogP contribution in [0.3, 0.4) is 0 Å². The molecule has 0 radical (unpaired) electrons. The fraction of sp³-hybridized carbons (Fsp3) is 0.444. The van der Waals surface area contributed by atoms with E-state index in [9.17, 15) is 4.79 Å². The van der Waals surface area contributed by atoms with E-state index in [4.69, 9.17) is 9.47 Å². The van der Waals surface area contributed by atoms with Crippen molar-refractivity contribution in [3.8, 4) is 5.75 Å². The first-order valence-corrected chi connectivity index (χ1v) is 12.6. The molecule has 1 unspecified atom stereocenters. The van der Waals surface area contributed by atoms with E-state index in [1.165, 1.54) is 50.7 Å². The molecule has 1 aromatic heterocycles. The number of carbonyl (C=O) groups excluding carboxylic acids is 1. The van der Waals surface area contributed by atoms with Gasteiger partial charge in [-0.1, -0.05) is 12.1 Å². The standard InChI is InChI=1S/C27H31BrN2O3/c1-32-22-7-3-18(4-8-22)15-30-17-21(6-5-20-16-29-13-11-19(20)12-14-29)25-23(27(31)33-2)9-10-24(28)26(25)30/h3-4,7-10,17,19-20H,5-6,11-16H2,1-2H3. The number of ether oxygens (including phenoxy) is 2. The van der Waals surface area contributed by atoms with Gasteiger partial charge in [0, 0.05) is 29.1 Å². The van der Waals surface area contributed by atoms with Crippen molar-refractivity contribution in [3.05, 3.63) is 63.8 Å². The molecule has 6 rings (SSSR count). The van der Waals surface area contributed by atoms with Gasteiger partial charge in [0.05, 0.1) is 25.3 Å². The van der Waals surface area contributed by atoms with E-state index in [-0.39, 0.29) is 5.97 Å². The van der Waals surface area contributed by atoms with E-state index in [1.54, 1.807) is 7.11 Å². The smallest absolute Gasteiger partial charge is 0.338 e. The molecule has 0 spiro atoms. The Morgan fingerprint density at radius 3 is 2.48 bits per heavy atom. The summed E-state index contributed by atoms with van der Waals surface area (Å²) in [6, 6.07) is 12.0. The molecule has 3 aliphatic heterocycles. The summed E-state index contributed by atoms with van der Waals surface area (Å²) in [5.41, 5.74) is 4.12. The molecule has 0 saturated carbocycles. The molecule has 1 atom stereocenters. The predicted molar refractivity (Wildman–Crippen MR) is 134 cm³/mol. The second-order valence-corrected chi connectivity index (χ2v) is 10.2. The quantitative estimate of drug-likeness (QED) is 0.392. The van der Waals surface area contributed by atoms with Crippen LogP contribution in [-0.2, 0) is 17.7 Å². The van der Waals surface area contributed by atoms with E-state index < -0.39 is 0 Å². The molecule has 3 aliphatic rings. The average Bonchev–Trinajstić information content (AvgIpc) is 3.22. The number of methoxy groups -OCH3 is 2. The fourth-order valence-corrected chi connectivity index (χ4v) is 6.32. The zero-order valence-electron chi connectivity index (χ0n) is 19.4. The van der Waals surface area contributed by atoms with Crippen LogP contribution in [0.5, 0.6) is 5.75 Å². The predicted octanol–water partition coefficient (Wildman–Crippen LogP) is 5.52. The average molecular weight is 511 g/mol. The maximum absolute atomic E-state index is 12.7. The van der Waals surface area contributed by atoms with Gasteiger partial charge in [0.2, 0.25) is 0 Å². The van der Waals surface area contributed by atoms with Crippen LogP contribution in [0.4, 0.5) is 0 Å². The van der Waals surface area contributed by atoms with Crippen LogP contribution in [0.15, 0.2) is 47.1 Å². The van der Waals surface area contributed by atoms with E-state index in [0.29, 0.717) is 5.56 Å². The molecule has 0 aliphatic carbocycles. The van der Waals surface area contributed by atoms with Crippen LogP contribution in [0.2, 0.25) is 0 Å². The highest BCUT2D eigenvalue weighted by Gasteiger charge is 2.34. The van der Waals surface area contributed by atoms with E-state index in [1.807, 2.05) is 24.3 Å². The lowest BCUT2D eigenvalue weighted by molar-refractivity contribution is 0.0470. The molecule has 2 bridgehead atoms. The van der Waals surface area contributed by atoms with Gasteiger partial charge in [-0.15, -0.1) is 0 Å². The Bertz CT molecular complexity index is 1150. The summed E-state index contributed by atoms with van der Waals surface area (Å²) in [7, 11) is 3.14. The molecule has 3 fully saturated rings. The van der Waals surface area contributed by atoms with E-state index in [0.717, 1.165) is 52.3 Å². The second-order valence-electron chi connectivity index (χ2n) is 9.38. The van der Waals surface area contributed by atoms with E-state index >= 15 is 0 Å². The van der Waals surface area contributed by atoms with Crippen LogP contribution >= 0.6 is 15.9 Å². The highest BCUT2D eigenvalue weighted by molar-refractivity contribution is 9.10. The summed E-state index contributed by atoms with van der Waals surface area (Å²) in [5.74, 6) is 2.18. The summed E-state index contributed by atoms with van der Waals surface area (Å²) in [5, 5.41) is 1.02. The number of hydrogen-bond acceptors (Lipinski definition) is 4. The van der Waals surface area contributed by atoms with Gasteiger partial charge in [-0.2, -0.15) is 0 Å². The van der Waals surface area contributed by atoms with Gasteiger partial charge >= 0.3 is 5.97 Å². The van der Waals surface area contributed by atoms with Gasteiger partial charge in [-0.3, -0.25) is 0 Å². The summed E-state index contributed by atoms with van der Waals surface area (Å²) >= 11 is 3.76. The Morgan fingerprint density at radius 1 is 1.09 bits per heavy atom. The molecular formula is C27H31BrN2O3. The summed E-state index contributed by atoms with van der Waals surface area (Å²) in [6.45, 7) is 4.48. The lowest BCUT2D eigenvalue weighted by Crippen LogP contribution is -2.47. The van der Waals surface area contributed by atoms with Crippen molar-refractivity contribution in [2.45, 2.75) is 32.2 Å². The maximum atomic E-state index is 12.7. The van der Waals surface area contributed by atoms with Crippen molar-refractivity contribution in [3.63, 3.8) is 0 Å². The molecule has 0 amide bonds. The molecule has 33 heavy (non-hydrogen) atoms. The third kappa shape index (κ3) is 4.43. The first kappa shape index (κ1) is 22.5. The molecule has 0 N–H and O–H groups in total. The minimum atomic E-state index is -0.279.